The van der Waals surface area contributed by atoms with Crippen LogP contribution < -0.4 is 20.1 Å². The van der Waals surface area contributed by atoms with Crippen molar-refractivity contribution in [2.45, 2.75) is 26.8 Å². The average Bonchev–Trinajstić information content (AvgIpc) is 3.39. The predicted octanol–water partition coefficient (Wildman–Crippen LogP) is 4.91. The van der Waals surface area contributed by atoms with E-state index in [1.54, 1.807) is 25.1 Å². The number of fused-ring (bicyclic) bond motifs is 1. The van der Waals surface area contributed by atoms with E-state index in [2.05, 4.69) is 40.2 Å². The average molecular weight is 454 g/mol. The molecule has 0 spiro atoms. The van der Waals surface area contributed by atoms with Crippen molar-refractivity contribution in [2.24, 2.45) is 5.41 Å². The molecule has 0 radical (unpaired) electrons. The number of hydrogen-bond acceptors (Lipinski definition) is 8. The Morgan fingerprint density at radius 2 is 1.81 bits per heavy atom. The molecule has 1 atom stereocenters. The number of carbonyl (C=O) groups is 1. The molecular weight excluding hydrogens is 426 g/mol. The molecule has 2 N–H and O–H groups in total. The maximum Gasteiger partial charge on any atom is 0.253 e. The monoisotopic (exact) mass is 453 g/mol. The first kappa shape index (κ1) is 21.9. The van der Waals surface area contributed by atoms with Gasteiger partial charge in [-0.05, 0) is 41.3 Å². The number of amides is 1. The second-order valence-corrected chi connectivity index (χ2v) is 9.45. The molecule has 9 heteroatoms. The van der Waals surface area contributed by atoms with Crippen LogP contribution in [0.4, 0.5) is 17.3 Å². The van der Waals surface area contributed by atoms with Crippen LogP contribution >= 0.6 is 11.7 Å². The standard InChI is InChI=1S/C23H27N5O3S/c1-23(2,3)19(14-9-10-17-18(12-14)31-13-30-17)25-21-20(26-32-27-21)24-16-8-6-7-15(11-16)22(29)28(4)5/h6-12,19H,13H2,1-5H3,(H,24,26)(H,25,27)/t19-/m0/s1. The molecule has 0 saturated heterocycles. The van der Waals surface area contributed by atoms with Gasteiger partial charge in [-0.3, -0.25) is 4.79 Å². The van der Waals surface area contributed by atoms with E-state index in [9.17, 15) is 4.79 Å². The molecule has 168 valence electrons. The number of hydrogen-bond donors (Lipinski definition) is 2. The number of nitrogens with zero attached hydrogens (tertiary/aromatic N) is 3. The molecule has 3 aromatic rings. The van der Waals surface area contributed by atoms with Crippen molar-refractivity contribution in [1.29, 1.82) is 0 Å². The molecule has 1 aliphatic heterocycles. The minimum atomic E-state index is -0.118. The molecule has 8 nitrogen and oxygen atoms in total. The summed E-state index contributed by atoms with van der Waals surface area (Å²) in [5, 5.41) is 6.85. The topological polar surface area (TPSA) is 88.6 Å². The first-order valence-corrected chi connectivity index (χ1v) is 11.0. The molecule has 0 fully saturated rings. The van der Waals surface area contributed by atoms with Gasteiger partial charge in [0.15, 0.2) is 23.1 Å². The highest BCUT2D eigenvalue weighted by Gasteiger charge is 2.29. The summed E-state index contributed by atoms with van der Waals surface area (Å²) in [5.74, 6) is 2.71. The number of anilines is 3. The minimum absolute atomic E-state index is 0.0527. The molecule has 2 heterocycles. The van der Waals surface area contributed by atoms with Crippen LogP contribution in [0.3, 0.4) is 0 Å². The molecule has 32 heavy (non-hydrogen) atoms. The van der Waals surface area contributed by atoms with Crippen LogP contribution in [0.1, 0.15) is 42.7 Å². The molecule has 0 unspecified atom stereocenters. The zero-order valence-corrected chi connectivity index (χ0v) is 19.6. The van der Waals surface area contributed by atoms with Crippen LogP contribution in [0.15, 0.2) is 42.5 Å². The highest BCUT2D eigenvalue weighted by atomic mass is 32.1. The van der Waals surface area contributed by atoms with Crippen LogP contribution in [0, 0.1) is 5.41 Å². The summed E-state index contributed by atoms with van der Waals surface area (Å²) < 4.78 is 19.9. The van der Waals surface area contributed by atoms with Gasteiger partial charge in [0.1, 0.15) is 0 Å². The number of aromatic nitrogens is 2. The maximum atomic E-state index is 12.3. The van der Waals surface area contributed by atoms with E-state index >= 15 is 0 Å². The first-order chi connectivity index (χ1) is 15.2. The lowest BCUT2D eigenvalue weighted by Crippen LogP contribution is -2.26. The van der Waals surface area contributed by atoms with Gasteiger partial charge in [0.25, 0.3) is 5.91 Å². The second-order valence-electron chi connectivity index (χ2n) is 8.92. The summed E-state index contributed by atoms with van der Waals surface area (Å²) in [6, 6.07) is 13.3. The molecule has 2 aromatic carbocycles. The summed E-state index contributed by atoms with van der Waals surface area (Å²) in [4.78, 5) is 13.9. The van der Waals surface area contributed by atoms with Gasteiger partial charge in [0.2, 0.25) is 6.79 Å². The van der Waals surface area contributed by atoms with Gasteiger partial charge >= 0.3 is 0 Å². The molecule has 1 aromatic heterocycles. The molecule has 0 bridgehead atoms. The molecule has 0 aliphatic carbocycles. The lowest BCUT2D eigenvalue weighted by atomic mass is 9.82. The van der Waals surface area contributed by atoms with Gasteiger partial charge in [-0.2, -0.15) is 8.75 Å². The van der Waals surface area contributed by atoms with Crippen molar-refractivity contribution < 1.29 is 14.3 Å². The summed E-state index contributed by atoms with van der Waals surface area (Å²) >= 11 is 1.12. The van der Waals surface area contributed by atoms with Crippen LogP contribution in [0.2, 0.25) is 0 Å². The molecule has 1 amide bonds. The Labute approximate surface area is 191 Å². The quantitative estimate of drug-likeness (QED) is 0.548. The Kier molecular flexibility index (Phi) is 5.92. The minimum Gasteiger partial charge on any atom is -0.454 e. The van der Waals surface area contributed by atoms with Gasteiger partial charge < -0.3 is 25.0 Å². The van der Waals surface area contributed by atoms with E-state index in [-0.39, 0.29) is 24.2 Å². The third kappa shape index (κ3) is 4.62. The van der Waals surface area contributed by atoms with Crippen molar-refractivity contribution in [1.82, 2.24) is 13.6 Å². The fourth-order valence-electron chi connectivity index (χ4n) is 3.52. The third-order valence-electron chi connectivity index (χ3n) is 5.14. The largest absolute Gasteiger partial charge is 0.454 e. The molecule has 0 saturated carbocycles. The van der Waals surface area contributed by atoms with Crippen LogP contribution in [-0.4, -0.2) is 40.4 Å². The van der Waals surface area contributed by atoms with Crippen molar-refractivity contribution in [2.75, 3.05) is 31.5 Å². The van der Waals surface area contributed by atoms with Crippen molar-refractivity contribution >= 4 is 35.0 Å². The second kappa shape index (κ2) is 8.66. The first-order valence-electron chi connectivity index (χ1n) is 10.3. The van der Waals surface area contributed by atoms with E-state index in [1.807, 2.05) is 36.4 Å². The Bertz CT molecular complexity index is 1120. The van der Waals surface area contributed by atoms with E-state index in [0.29, 0.717) is 17.2 Å². The van der Waals surface area contributed by atoms with Gasteiger partial charge in [-0.1, -0.05) is 32.9 Å². The predicted molar refractivity (Wildman–Crippen MR) is 126 cm³/mol. The van der Waals surface area contributed by atoms with Crippen molar-refractivity contribution in [3.05, 3.63) is 53.6 Å². The zero-order valence-electron chi connectivity index (χ0n) is 18.8. The summed E-state index contributed by atoms with van der Waals surface area (Å²) in [7, 11) is 3.47. The summed E-state index contributed by atoms with van der Waals surface area (Å²) in [6.45, 7) is 6.74. The fraction of sp³-hybridized carbons (Fsp3) is 0.348. The van der Waals surface area contributed by atoms with Gasteiger partial charge in [0.05, 0.1) is 17.8 Å². The lowest BCUT2D eigenvalue weighted by Gasteiger charge is -2.32. The van der Waals surface area contributed by atoms with E-state index in [0.717, 1.165) is 34.5 Å². The van der Waals surface area contributed by atoms with Crippen molar-refractivity contribution in [3.63, 3.8) is 0 Å². The van der Waals surface area contributed by atoms with E-state index < -0.39 is 0 Å². The third-order valence-corrected chi connectivity index (χ3v) is 5.67. The van der Waals surface area contributed by atoms with E-state index in [4.69, 9.17) is 9.47 Å². The number of carbonyl (C=O) groups excluding carboxylic acids is 1. The summed E-state index contributed by atoms with van der Waals surface area (Å²) in [5.41, 5.74) is 2.32. The maximum absolute atomic E-state index is 12.3. The normalized spacial score (nSPS) is 13.5. The molecule has 4 rings (SSSR count). The van der Waals surface area contributed by atoms with Crippen LogP contribution in [0.5, 0.6) is 11.5 Å². The fourth-order valence-corrected chi connectivity index (χ4v) is 3.99. The Hall–Kier alpha value is -3.33. The zero-order chi connectivity index (χ0) is 22.9. The van der Waals surface area contributed by atoms with Crippen LogP contribution in [0.25, 0.3) is 0 Å². The number of nitrogens with one attached hydrogen (secondary N) is 2. The van der Waals surface area contributed by atoms with Gasteiger partial charge in [0, 0.05) is 25.3 Å². The highest BCUT2D eigenvalue weighted by molar-refractivity contribution is 6.99. The van der Waals surface area contributed by atoms with Gasteiger partial charge in [-0.25, -0.2) is 0 Å². The van der Waals surface area contributed by atoms with Gasteiger partial charge in [-0.15, -0.1) is 0 Å². The van der Waals surface area contributed by atoms with Crippen molar-refractivity contribution in [3.8, 4) is 11.5 Å². The SMILES string of the molecule is CN(C)C(=O)c1cccc(Nc2nsnc2N[C@@H](c2ccc3c(c2)OCO3)C(C)(C)C)c1. The number of ether oxygens (including phenoxy) is 2. The smallest absolute Gasteiger partial charge is 0.253 e. The number of rotatable bonds is 6. The van der Waals surface area contributed by atoms with E-state index in [1.165, 1.54) is 0 Å². The Morgan fingerprint density at radius 1 is 1.06 bits per heavy atom. The molecule has 1 aliphatic rings. The Balaban J connectivity index is 1.58. The Morgan fingerprint density at radius 3 is 2.56 bits per heavy atom. The number of benzene rings is 2. The lowest BCUT2D eigenvalue weighted by molar-refractivity contribution is 0.0827. The van der Waals surface area contributed by atoms with Crippen LogP contribution in [-0.2, 0) is 0 Å². The summed E-state index contributed by atoms with van der Waals surface area (Å²) in [6.07, 6.45) is 0. The highest BCUT2D eigenvalue weighted by Crippen LogP contribution is 2.41. The molecular formula is C23H27N5O3S.